The van der Waals surface area contributed by atoms with Crippen molar-refractivity contribution >= 4 is 44.2 Å². The Balaban J connectivity index is 1.87. The molecule has 0 atom stereocenters. The van der Waals surface area contributed by atoms with E-state index >= 15 is 0 Å². The van der Waals surface area contributed by atoms with Crippen molar-refractivity contribution in [1.82, 2.24) is 9.97 Å². The quantitative estimate of drug-likeness (QED) is 0.555. The first kappa shape index (κ1) is 18.3. The maximum Gasteiger partial charge on any atom is 0.315 e. The minimum Gasteiger partial charge on any atom is -0.481 e. The van der Waals surface area contributed by atoms with Crippen molar-refractivity contribution in [2.24, 2.45) is 0 Å². The number of aromatic nitrogens is 2. The number of benzene rings is 1. The molecule has 0 saturated heterocycles. The third kappa shape index (κ3) is 4.03. The van der Waals surface area contributed by atoms with Crippen molar-refractivity contribution in [2.45, 2.75) is 19.3 Å². The van der Waals surface area contributed by atoms with Gasteiger partial charge in [0.1, 0.15) is 11.2 Å². The third-order valence-corrected chi connectivity index (χ3v) is 4.89. The van der Waals surface area contributed by atoms with Crippen molar-refractivity contribution in [2.75, 3.05) is 5.32 Å². The Kier molecular flexibility index (Phi) is 5.24. The number of nitrogens with zero attached hydrogens (tertiary/aromatic N) is 2. The molecule has 6 nitrogen and oxygen atoms in total. The molecule has 0 saturated carbocycles. The van der Waals surface area contributed by atoms with Gasteiger partial charge < -0.3 is 15.2 Å². The van der Waals surface area contributed by atoms with Crippen LogP contribution in [-0.4, -0.2) is 21.0 Å². The zero-order valence-corrected chi connectivity index (χ0v) is 16.5. The summed E-state index contributed by atoms with van der Waals surface area (Å²) in [5, 5.41) is 14.7. The fourth-order valence-electron chi connectivity index (χ4n) is 2.04. The molecule has 0 aliphatic carbocycles. The lowest BCUT2D eigenvalue weighted by Gasteiger charge is -2.15. The molecule has 2 aromatic heterocycles. The molecule has 0 amide bonds. The molecule has 0 aliphatic heterocycles. The summed E-state index contributed by atoms with van der Waals surface area (Å²) in [6.45, 7) is 3.24. The summed E-state index contributed by atoms with van der Waals surface area (Å²) in [7, 11) is 0. The summed E-state index contributed by atoms with van der Waals surface area (Å²) in [5.74, 6) is 0.775. The van der Waals surface area contributed by atoms with Gasteiger partial charge >= 0.3 is 5.97 Å². The standard InChI is InChI=1S/C18H16BrN3O3S/c1-18(2,16(23)24)14-10-26-17(21-14)22-15-13(8-11(19)9-20-15)25-12-6-4-3-5-7-12/h3-10H,1-2H3,(H,23,24)(H,20,21,22). The highest BCUT2D eigenvalue weighted by molar-refractivity contribution is 9.10. The van der Waals surface area contributed by atoms with Crippen LogP contribution in [0, 0.1) is 0 Å². The first-order valence-corrected chi connectivity index (χ1v) is 9.38. The minimum absolute atomic E-state index is 0.486. The molecule has 0 bridgehead atoms. The van der Waals surface area contributed by atoms with Gasteiger partial charge in [-0.15, -0.1) is 11.3 Å². The lowest BCUT2D eigenvalue weighted by molar-refractivity contribution is -0.142. The maximum atomic E-state index is 11.4. The van der Waals surface area contributed by atoms with E-state index in [4.69, 9.17) is 4.74 Å². The zero-order valence-electron chi connectivity index (χ0n) is 14.1. The maximum absolute atomic E-state index is 11.4. The van der Waals surface area contributed by atoms with Gasteiger partial charge in [-0.25, -0.2) is 9.97 Å². The van der Waals surface area contributed by atoms with E-state index in [1.54, 1.807) is 31.5 Å². The van der Waals surface area contributed by atoms with Crippen LogP contribution < -0.4 is 10.1 Å². The highest BCUT2D eigenvalue weighted by atomic mass is 79.9. The number of aliphatic carboxylic acids is 1. The number of thiazole rings is 1. The lowest BCUT2D eigenvalue weighted by atomic mass is 9.90. The number of carboxylic acid groups (broad SMARTS) is 1. The van der Waals surface area contributed by atoms with E-state index in [1.807, 2.05) is 30.3 Å². The molecule has 0 fully saturated rings. The van der Waals surface area contributed by atoms with E-state index in [0.29, 0.717) is 28.1 Å². The fourth-order valence-corrected chi connectivity index (χ4v) is 3.22. The van der Waals surface area contributed by atoms with Gasteiger partial charge in [-0.3, -0.25) is 4.79 Å². The van der Waals surface area contributed by atoms with Crippen LogP contribution in [0.3, 0.4) is 0 Å². The van der Waals surface area contributed by atoms with Crippen LogP contribution in [0.2, 0.25) is 0 Å². The van der Waals surface area contributed by atoms with E-state index < -0.39 is 11.4 Å². The average Bonchev–Trinajstić information content (AvgIpc) is 3.07. The van der Waals surface area contributed by atoms with E-state index in [1.165, 1.54) is 11.3 Å². The Hall–Kier alpha value is -2.45. The molecule has 0 spiro atoms. The summed E-state index contributed by atoms with van der Waals surface area (Å²) in [6.07, 6.45) is 1.65. The molecule has 3 rings (SSSR count). The molecule has 3 aromatic rings. The molecular weight excluding hydrogens is 418 g/mol. The van der Waals surface area contributed by atoms with Crippen LogP contribution in [0.15, 0.2) is 52.4 Å². The summed E-state index contributed by atoms with van der Waals surface area (Å²) >= 11 is 4.71. The van der Waals surface area contributed by atoms with E-state index in [0.717, 1.165) is 4.47 Å². The van der Waals surface area contributed by atoms with E-state index in [2.05, 4.69) is 31.2 Å². The summed E-state index contributed by atoms with van der Waals surface area (Å²) in [6, 6.07) is 11.2. The minimum atomic E-state index is -1.06. The van der Waals surface area contributed by atoms with Gasteiger partial charge in [-0.05, 0) is 41.9 Å². The molecule has 2 heterocycles. The van der Waals surface area contributed by atoms with Crippen LogP contribution in [0.5, 0.6) is 11.5 Å². The average molecular weight is 434 g/mol. The zero-order chi connectivity index (χ0) is 18.7. The summed E-state index contributed by atoms with van der Waals surface area (Å²) in [4.78, 5) is 20.1. The number of nitrogens with one attached hydrogen (secondary N) is 1. The molecule has 26 heavy (non-hydrogen) atoms. The molecule has 2 N–H and O–H groups in total. The number of hydrogen-bond acceptors (Lipinski definition) is 6. The number of halogens is 1. The predicted molar refractivity (Wildman–Crippen MR) is 105 cm³/mol. The van der Waals surface area contributed by atoms with Crippen LogP contribution in [0.25, 0.3) is 0 Å². The number of pyridine rings is 1. The first-order chi connectivity index (χ1) is 12.4. The van der Waals surface area contributed by atoms with Gasteiger partial charge in [-0.2, -0.15) is 0 Å². The summed E-state index contributed by atoms with van der Waals surface area (Å²) in [5.41, 5.74) is -0.576. The molecule has 0 unspecified atom stereocenters. The molecular formula is C18H16BrN3O3S. The Bertz CT molecular complexity index is 928. The Morgan fingerprint density at radius 1 is 1.31 bits per heavy atom. The summed E-state index contributed by atoms with van der Waals surface area (Å²) < 4.78 is 6.68. The molecule has 1 aromatic carbocycles. The number of para-hydroxylation sites is 1. The highest BCUT2D eigenvalue weighted by Gasteiger charge is 2.32. The van der Waals surface area contributed by atoms with Gasteiger partial charge in [0, 0.05) is 22.1 Å². The smallest absolute Gasteiger partial charge is 0.315 e. The molecule has 0 radical (unpaired) electrons. The fraction of sp³-hybridized carbons (Fsp3) is 0.167. The second kappa shape index (κ2) is 7.43. The largest absolute Gasteiger partial charge is 0.481 e. The van der Waals surface area contributed by atoms with Gasteiger partial charge in [-0.1, -0.05) is 18.2 Å². The first-order valence-electron chi connectivity index (χ1n) is 7.71. The van der Waals surface area contributed by atoms with Crippen LogP contribution in [0.4, 0.5) is 10.9 Å². The number of carboxylic acids is 1. The molecule has 0 aliphatic rings. The van der Waals surface area contributed by atoms with Gasteiger partial charge in [0.25, 0.3) is 0 Å². The number of rotatable bonds is 6. The Labute approximate surface area is 163 Å². The molecule has 8 heteroatoms. The van der Waals surface area contributed by atoms with E-state index in [9.17, 15) is 9.90 Å². The third-order valence-electron chi connectivity index (χ3n) is 3.69. The normalized spacial score (nSPS) is 11.2. The van der Waals surface area contributed by atoms with Crippen molar-refractivity contribution in [3.8, 4) is 11.5 Å². The number of hydrogen-bond donors (Lipinski definition) is 2. The topological polar surface area (TPSA) is 84.3 Å². The second-order valence-electron chi connectivity index (χ2n) is 6.01. The second-order valence-corrected chi connectivity index (χ2v) is 7.78. The number of ether oxygens (including phenoxy) is 1. The van der Waals surface area contributed by atoms with Gasteiger partial charge in [0.05, 0.1) is 5.69 Å². The lowest BCUT2D eigenvalue weighted by Crippen LogP contribution is -2.28. The number of carbonyl (C=O) groups is 1. The van der Waals surface area contributed by atoms with Gasteiger partial charge in [0.2, 0.25) is 0 Å². The van der Waals surface area contributed by atoms with Crippen molar-refractivity contribution in [3.63, 3.8) is 0 Å². The molecule has 134 valence electrons. The predicted octanol–water partition coefficient (Wildman–Crippen LogP) is 5.20. The van der Waals surface area contributed by atoms with Gasteiger partial charge in [0.15, 0.2) is 16.7 Å². The monoisotopic (exact) mass is 433 g/mol. The Morgan fingerprint density at radius 2 is 2.04 bits per heavy atom. The van der Waals surface area contributed by atoms with Crippen LogP contribution in [0.1, 0.15) is 19.5 Å². The SMILES string of the molecule is CC(C)(C(=O)O)c1csc(Nc2ncc(Br)cc2Oc2ccccc2)n1. The van der Waals surface area contributed by atoms with Crippen LogP contribution >= 0.6 is 27.3 Å². The van der Waals surface area contributed by atoms with Crippen molar-refractivity contribution < 1.29 is 14.6 Å². The van der Waals surface area contributed by atoms with Crippen molar-refractivity contribution in [1.29, 1.82) is 0 Å². The van der Waals surface area contributed by atoms with Crippen LogP contribution in [-0.2, 0) is 10.2 Å². The number of anilines is 2. The highest BCUT2D eigenvalue weighted by Crippen LogP contribution is 2.34. The van der Waals surface area contributed by atoms with Crippen molar-refractivity contribution in [3.05, 3.63) is 58.1 Å². The Morgan fingerprint density at radius 3 is 2.73 bits per heavy atom. The van der Waals surface area contributed by atoms with E-state index in [-0.39, 0.29) is 0 Å².